The van der Waals surface area contributed by atoms with Gasteiger partial charge in [0.2, 0.25) is 0 Å². The molecule has 0 amide bonds. The Balaban J connectivity index is 2.07. The molecule has 0 radical (unpaired) electrons. The summed E-state index contributed by atoms with van der Waals surface area (Å²) >= 11 is 0. The van der Waals surface area contributed by atoms with Crippen LogP contribution in [0.25, 0.3) is 0 Å². The van der Waals surface area contributed by atoms with Gasteiger partial charge in [0.05, 0.1) is 0 Å². The first kappa shape index (κ1) is 12.1. The van der Waals surface area contributed by atoms with Crippen molar-refractivity contribution >= 4 is 5.97 Å². The van der Waals surface area contributed by atoms with Gasteiger partial charge in [0.25, 0.3) is 0 Å². The van der Waals surface area contributed by atoms with Crippen LogP contribution in [0.5, 0.6) is 0 Å². The Morgan fingerprint density at radius 2 is 2.12 bits per heavy atom. The van der Waals surface area contributed by atoms with Crippen molar-refractivity contribution in [3.63, 3.8) is 0 Å². The lowest BCUT2D eigenvalue weighted by atomic mass is 10.0. The number of hydrogen-bond acceptors (Lipinski definition) is 3. The molecular formula is C13H18N2O2. The predicted molar refractivity (Wildman–Crippen MR) is 65.5 cm³/mol. The van der Waals surface area contributed by atoms with E-state index in [1.807, 2.05) is 18.2 Å². The van der Waals surface area contributed by atoms with Crippen molar-refractivity contribution in [2.75, 3.05) is 13.1 Å². The number of hydrogen-bond donors (Lipinski definition) is 2. The van der Waals surface area contributed by atoms with Gasteiger partial charge in [-0.3, -0.25) is 9.69 Å². The van der Waals surface area contributed by atoms with Crippen molar-refractivity contribution in [1.29, 1.82) is 0 Å². The zero-order chi connectivity index (χ0) is 12.3. The minimum absolute atomic E-state index is 0.675. The first-order valence-corrected chi connectivity index (χ1v) is 5.96. The van der Waals surface area contributed by atoms with Crippen LogP contribution in [0.1, 0.15) is 30.0 Å². The van der Waals surface area contributed by atoms with Crippen LogP contribution in [-0.2, 0) is 11.3 Å². The number of carbonyl (C=O) groups is 1. The number of rotatable bonds is 4. The Bertz CT molecular complexity index is 400. The minimum Gasteiger partial charge on any atom is -0.480 e. The van der Waals surface area contributed by atoms with Crippen LogP contribution in [0.4, 0.5) is 0 Å². The molecule has 1 aliphatic heterocycles. The lowest BCUT2D eigenvalue weighted by molar-refractivity contribution is -0.138. The van der Waals surface area contributed by atoms with Crippen LogP contribution < -0.4 is 5.73 Å². The first-order chi connectivity index (χ1) is 8.16. The van der Waals surface area contributed by atoms with Gasteiger partial charge in [-0.1, -0.05) is 24.3 Å². The molecule has 0 aliphatic carbocycles. The molecule has 92 valence electrons. The lowest BCUT2D eigenvalue weighted by Gasteiger charge is -2.15. The second-order valence-corrected chi connectivity index (χ2v) is 4.54. The highest BCUT2D eigenvalue weighted by Crippen LogP contribution is 2.16. The van der Waals surface area contributed by atoms with E-state index in [4.69, 9.17) is 10.8 Å². The normalized spacial score (nSPS) is 18.2. The van der Waals surface area contributed by atoms with E-state index in [0.29, 0.717) is 5.56 Å². The molecule has 3 N–H and O–H groups in total. The van der Waals surface area contributed by atoms with Gasteiger partial charge in [0.15, 0.2) is 0 Å². The summed E-state index contributed by atoms with van der Waals surface area (Å²) in [7, 11) is 0. The van der Waals surface area contributed by atoms with Crippen molar-refractivity contribution < 1.29 is 9.90 Å². The third-order valence-electron chi connectivity index (χ3n) is 3.18. The lowest BCUT2D eigenvalue weighted by Crippen LogP contribution is -2.22. The van der Waals surface area contributed by atoms with E-state index in [1.54, 1.807) is 6.07 Å². The summed E-state index contributed by atoms with van der Waals surface area (Å²) in [4.78, 5) is 13.2. The molecule has 1 atom stereocenters. The summed E-state index contributed by atoms with van der Waals surface area (Å²) in [6, 6.07) is 6.65. The van der Waals surface area contributed by atoms with E-state index in [-0.39, 0.29) is 0 Å². The average Bonchev–Trinajstić information content (AvgIpc) is 2.81. The van der Waals surface area contributed by atoms with Crippen LogP contribution in [-0.4, -0.2) is 29.1 Å². The Labute approximate surface area is 101 Å². The Kier molecular flexibility index (Phi) is 3.76. The first-order valence-electron chi connectivity index (χ1n) is 5.96. The minimum atomic E-state index is -0.983. The third kappa shape index (κ3) is 3.05. The number of carboxylic acid groups (broad SMARTS) is 1. The molecule has 1 aromatic carbocycles. The van der Waals surface area contributed by atoms with Crippen LogP contribution in [0.2, 0.25) is 0 Å². The van der Waals surface area contributed by atoms with Gasteiger partial charge >= 0.3 is 5.97 Å². The monoisotopic (exact) mass is 234 g/mol. The van der Waals surface area contributed by atoms with Crippen molar-refractivity contribution in [3.05, 3.63) is 35.4 Å². The summed E-state index contributed by atoms with van der Waals surface area (Å²) in [6.45, 7) is 3.16. The largest absolute Gasteiger partial charge is 0.480 e. The molecule has 1 fully saturated rings. The highest BCUT2D eigenvalue weighted by Gasteiger charge is 2.16. The molecule has 0 bridgehead atoms. The van der Waals surface area contributed by atoms with E-state index < -0.39 is 12.0 Å². The molecule has 1 saturated heterocycles. The molecule has 1 unspecified atom stereocenters. The fourth-order valence-corrected chi connectivity index (χ4v) is 2.23. The number of likely N-dealkylation sites (tertiary alicyclic amines) is 1. The van der Waals surface area contributed by atoms with Gasteiger partial charge in [-0.05, 0) is 37.1 Å². The van der Waals surface area contributed by atoms with Crippen LogP contribution in [0.15, 0.2) is 24.3 Å². The molecule has 2 rings (SSSR count). The molecule has 1 heterocycles. The summed E-state index contributed by atoms with van der Waals surface area (Å²) in [5, 5.41) is 8.88. The number of nitrogens with two attached hydrogens (primary N) is 1. The molecule has 0 spiro atoms. The molecular weight excluding hydrogens is 216 g/mol. The molecule has 17 heavy (non-hydrogen) atoms. The highest BCUT2D eigenvalue weighted by atomic mass is 16.4. The zero-order valence-electron chi connectivity index (χ0n) is 9.80. The smallest absolute Gasteiger partial charge is 0.325 e. The maximum Gasteiger partial charge on any atom is 0.325 e. The van der Waals surface area contributed by atoms with Crippen LogP contribution in [0, 0.1) is 0 Å². The molecule has 4 nitrogen and oxygen atoms in total. The molecule has 1 aromatic rings. The van der Waals surface area contributed by atoms with Crippen LogP contribution >= 0.6 is 0 Å². The van der Waals surface area contributed by atoms with Gasteiger partial charge in [0, 0.05) is 6.54 Å². The number of benzene rings is 1. The van der Waals surface area contributed by atoms with E-state index >= 15 is 0 Å². The fourth-order valence-electron chi connectivity index (χ4n) is 2.23. The molecule has 4 heteroatoms. The highest BCUT2D eigenvalue weighted by molar-refractivity contribution is 5.75. The van der Waals surface area contributed by atoms with Crippen molar-refractivity contribution in [2.45, 2.75) is 25.4 Å². The van der Waals surface area contributed by atoms with Gasteiger partial charge in [0.1, 0.15) is 6.04 Å². The van der Waals surface area contributed by atoms with Gasteiger partial charge in [-0.15, -0.1) is 0 Å². The summed E-state index contributed by atoms with van der Waals surface area (Å²) < 4.78 is 0. The summed E-state index contributed by atoms with van der Waals surface area (Å²) in [5.41, 5.74) is 7.42. The Hall–Kier alpha value is -1.39. The quantitative estimate of drug-likeness (QED) is 0.825. The second kappa shape index (κ2) is 5.29. The maximum atomic E-state index is 10.8. The Morgan fingerprint density at radius 1 is 1.41 bits per heavy atom. The fraction of sp³-hybridized carbons (Fsp3) is 0.462. The van der Waals surface area contributed by atoms with Crippen molar-refractivity contribution in [1.82, 2.24) is 4.90 Å². The van der Waals surface area contributed by atoms with Crippen molar-refractivity contribution in [2.24, 2.45) is 5.73 Å². The Morgan fingerprint density at radius 3 is 2.76 bits per heavy atom. The maximum absolute atomic E-state index is 10.8. The van der Waals surface area contributed by atoms with Gasteiger partial charge in [-0.2, -0.15) is 0 Å². The summed E-state index contributed by atoms with van der Waals surface area (Å²) in [5.74, 6) is -0.983. The van der Waals surface area contributed by atoms with Gasteiger partial charge < -0.3 is 10.8 Å². The molecule has 1 aliphatic rings. The summed E-state index contributed by atoms with van der Waals surface area (Å²) in [6.07, 6.45) is 2.52. The molecule has 0 aromatic heterocycles. The number of aliphatic carboxylic acids is 1. The van der Waals surface area contributed by atoms with E-state index in [9.17, 15) is 4.79 Å². The van der Waals surface area contributed by atoms with Crippen molar-refractivity contribution in [3.8, 4) is 0 Å². The molecule has 0 saturated carbocycles. The third-order valence-corrected chi connectivity index (χ3v) is 3.18. The standard InChI is InChI=1S/C13H18N2O2/c14-12(13(16)17)11-5-3-4-10(8-11)9-15-6-1-2-7-15/h3-5,8,12H,1-2,6-7,9,14H2,(H,16,17). The second-order valence-electron chi connectivity index (χ2n) is 4.54. The van der Waals surface area contributed by atoms with E-state index in [2.05, 4.69) is 4.90 Å². The average molecular weight is 234 g/mol. The predicted octanol–water partition coefficient (Wildman–Crippen LogP) is 1.37. The zero-order valence-corrected chi connectivity index (χ0v) is 9.80. The van der Waals surface area contributed by atoms with Crippen LogP contribution in [0.3, 0.4) is 0 Å². The SMILES string of the molecule is NC(C(=O)O)c1cccc(CN2CCCC2)c1. The number of nitrogens with zero attached hydrogens (tertiary/aromatic N) is 1. The van der Waals surface area contributed by atoms with E-state index in [1.165, 1.54) is 12.8 Å². The number of carboxylic acids is 1. The van der Waals surface area contributed by atoms with E-state index in [0.717, 1.165) is 25.2 Å². The topological polar surface area (TPSA) is 66.6 Å². The van der Waals surface area contributed by atoms with Gasteiger partial charge in [-0.25, -0.2) is 0 Å².